The highest BCUT2D eigenvalue weighted by molar-refractivity contribution is 9.10. The maximum absolute atomic E-state index is 12.1. The fourth-order valence-corrected chi connectivity index (χ4v) is 3.29. The molecule has 10 heteroatoms. The summed E-state index contributed by atoms with van der Waals surface area (Å²) in [5.41, 5.74) is 1.01. The number of carbonyl (C=O) groups excluding carboxylic acids is 3. The zero-order chi connectivity index (χ0) is 24.5. The monoisotopic (exact) mass is 564 g/mol. The summed E-state index contributed by atoms with van der Waals surface area (Å²) in [5, 5.41) is 6.17. The molecule has 3 aromatic carbocycles. The Hall–Kier alpha value is -3.07. The first-order valence-corrected chi connectivity index (χ1v) is 11.6. The number of benzene rings is 3. The Kier molecular flexibility index (Phi) is 9.33. The number of anilines is 2. The third-order valence-corrected chi connectivity index (χ3v) is 5.87. The maximum Gasteiger partial charge on any atom is 0.306 e. The van der Waals surface area contributed by atoms with Crippen LogP contribution in [0.5, 0.6) is 11.5 Å². The highest BCUT2D eigenvalue weighted by Crippen LogP contribution is 2.29. The summed E-state index contributed by atoms with van der Waals surface area (Å²) in [7, 11) is 0. The Morgan fingerprint density at radius 1 is 0.794 bits per heavy atom. The van der Waals surface area contributed by atoms with Crippen molar-refractivity contribution in [2.75, 3.05) is 17.2 Å². The predicted octanol–water partition coefficient (Wildman–Crippen LogP) is 6.45. The van der Waals surface area contributed by atoms with Gasteiger partial charge in [-0.3, -0.25) is 14.4 Å². The molecule has 0 fully saturated rings. The molecule has 2 amide bonds. The second-order valence-electron chi connectivity index (χ2n) is 6.94. The molecule has 0 bridgehead atoms. The van der Waals surface area contributed by atoms with Crippen LogP contribution in [-0.2, 0) is 19.1 Å². The van der Waals surface area contributed by atoms with E-state index in [2.05, 4.69) is 26.6 Å². The van der Waals surface area contributed by atoms with Gasteiger partial charge in [0.2, 0.25) is 5.91 Å². The lowest BCUT2D eigenvalue weighted by Crippen LogP contribution is -2.21. The normalized spacial score (nSPS) is 10.3. The van der Waals surface area contributed by atoms with Crippen LogP contribution in [0.3, 0.4) is 0 Å². The van der Waals surface area contributed by atoms with Crippen molar-refractivity contribution in [1.82, 2.24) is 0 Å². The van der Waals surface area contributed by atoms with Gasteiger partial charge in [-0.1, -0.05) is 35.3 Å². The van der Waals surface area contributed by atoms with Gasteiger partial charge in [0.15, 0.2) is 6.61 Å². The molecule has 0 spiro atoms. The number of hydrogen-bond acceptors (Lipinski definition) is 5. The van der Waals surface area contributed by atoms with Crippen molar-refractivity contribution in [3.05, 3.63) is 81.2 Å². The standard InChI is InChI=1S/C24H19BrCl2N2O5/c25-18-10-7-16(13-20(18)27)29-23(31)14-33-24(32)12-11-22(30)28-15-5-8-17(9-6-15)34-21-4-2-1-3-19(21)26/h1-10,13H,11-12,14H2,(H,28,30)(H,29,31). The molecule has 0 aromatic heterocycles. The van der Waals surface area contributed by atoms with Crippen molar-refractivity contribution in [2.45, 2.75) is 12.8 Å². The SMILES string of the molecule is O=C(CCC(=O)OCC(=O)Nc1ccc(Br)c(Cl)c1)Nc1ccc(Oc2ccccc2Cl)cc1. The number of carbonyl (C=O) groups is 3. The van der Waals surface area contributed by atoms with E-state index < -0.39 is 18.5 Å². The Bertz CT molecular complexity index is 1190. The minimum atomic E-state index is -0.664. The van der Waals surface area contributed by atoms with Crippen molar-refractivity contribution < 1.29 is 23.9 Å². The van der Waals surface area contributed by atoms with Gasteiger partial charge in [0, 0.05) is 22.3 Å². The molecule has 7 nitrogen and oxygen atoms in total. The summed E-state index contributed by atoms with van der Waals surface area (Å²) >= 11 is 15.3. The first kappa shape index (κ1) is 25.6. The van der Waals surface area contributed by atoms with Crippen LogP contribution in [0.15, 0.2) is 71.2 Å². The van der Waals surface area contributed by atoms with Gasteiger partial charge in [-0.05, 0) is 70.5 Å². The molecule has 176 valence electrons. The number of nitrogens with one attached hydrogen (secondary N) is 2. The van der Waals surface area contributed by atoms with Gasteiger partial charge < -0.3 is 20.1 Å². The Labute approximate surface area is 214 Å². The number of esters is 1. The Balaban J connectivity index is 1.37. The average molecular weight is 566 g/mol. The summed E-state index contributed by atoms with van der Waals surface area (Å²) in [4.78, 5) is 35.9. The van der Waals surface area contributed by atoms with E-state index in [0.29, 0.717) is 37.4 Å². The fourth-order valence-electron chi connectivity index (χ4n) is 2.69. The second-order valence-corrected chi connectivity index (χ2v) is 8.61. The molecule has 0 aliphatic carbocycles. The highest BCUT2D eigenvalue weighted by Gasteiger charge is 2.12. The number of halogens is 3. The van der Waals surface area contributed by atoms with Crippen LogP contribution in [-0.4, -0.2) is 24.4 Å². The molecular formula is C24H19BrCl2N2O5. The minimum absolute atomic E-state index is 0.0966. The molecule has 0 aliphatic rings. The van der Waals surface area contributed by atoms with E-state index in [-0.39, 0.29) is 18.7 Å². The first-order valence-electron chi connectivity index (χ1n) is 10.0. The van der Waals surface area contributed by atoms with E-state index in [0.717, 1.165) is 0 Å². The van der Waals surface area contributed by atoms with Gasteiger partial charge in [0.1, 0.15) is 11.5 Å². The molecule has 0 radical (unpaired) electrons. The van der Waals surface area contributed by atoms with E-state index in [1.54, 1.807) is 60.7 Å². The molecule has 0 atom stereocenters. The molecular weight excluding hydrogens is 547 g/mol. The van der Waals surface area contributed by atoms with Gasteiger partial charge in [0.25, 0.3) is 5.91 Å². The van der Waals surface area contributed by atoms with Crippen LogP contribution in [0, 0.1) is 0 Å². The molecule has 0 saturated carbocycles. The third kappa shape index (κ3) is 8.06. The lowest BCUT2D eigenvalue weighted by atomic mass is 10.2. The Morgan fingerprint density at radius 3 is 2.18 bits per heavy atom. The van der Waals surface area contributed by atoms with Crippen molar-refractivity contribution in [3.8, 4) is 11.5 Å². The van der Waals surface area contributed by atoms with Crippen LogP contribution in [0.1, 0.15) is 12.8 Å². The van der Waals surface area contributed by atoms with Crippen molar-refractivity contribution in [2.24, 2.45) is 0 Å². The lowest BCUT2D eigenvalue weighted by Gasteiger charge is -2.09. The molecule has 3 rings (SSSR count). The lowest BCUT2D eigenvalue weighted by molar-refractivity contribution is -0.147. The van der Waals surface area contributed by atoms with Crippen LogP contribution in [0.4, 0.5) is 11.4 Å². The summed E-state index contributed by atoms with van der Waals surface area (Å²) < 4.78 is 11.3. The van der Waals surface area contributed by atoms with E-state index in [1.165, 1.54) is 0 Å². The van der Waals surface area contributed by atoms with E-state index in [4.69, 9.17) is 32.7 Å². The van der Waals surface area contributed by atoms with Crippen LogP contribution in [0.25, 0.3) is 0 Å². The molecule has 0 saturated heterocycles. The predicted molar refractivity (Wildman–Crippen MR) is 135 cm³/mol. The van der Waals surface area contributed by atoms with E-state index in [1.807, 2.05) is 6.07 Å². The smallest absolute Gasteiger partial charge is 0.306 e. The quantitative estimate of drug-likeness (QED) is 0.291. The van der Waals surface area contributed by atoms with Crippen LogP contribution < -0.4 is 15.4 Å². The zero-order valence-electron chi connectivity index (χ0n) is 17.6. The van der Waals surface area contributed by atoms with Crippen LogP contribution in [0.2, 0.25) is 10.0 Å². The maximum atomic E-state index is 12.1. The molecule has 3 aromatic rings. The fraction of sp³-hybridized carbons (Fsp3) is 0.125. The zero-order valence-corrected chi connectivity index (χ0v) is 20.7. The number of rotatable bonds is 9. The third-order valence-electron chi connectivity index (χ3n) is 4.33. The molecule has 2 N–H and O–H groups in total. The van der Waals surface area contributed by atoms with Crippen molar-refractivity contribution >= 4 is 68.3 Å². The average Bonchev–Trinajstić information content (AvgIpc) is 2.81. The number of amides is 2. The summed E-state index contributed by atoms with van der Waals surface area (Å²) in [6, 6.07) is 18.7. The number of hydrogen-bond donors (Lipinski definition) is 2. The van der Waals surface area contributed by atoms with E-state index >= 15 is 0 Å². The highest BCUT2D eigenvalue weighted by atomic mass is 79.9. The first-order chi connectivity index (χ1) is 16.3. The Morgan fingerprint density at radius 2 is 1.47 bits per heavy atom. The summed E-state index contributed by atoms with van der Waals surface area (Å²) in [5.74, 6) is -0.476. The van der Waals surface area contributed by atoms with Gasteiger partial charge in [-0.2, -0.15) is 0 Å². The minimum Gasteiger partial charge on any atom is -0.456 e. The van der Waals surface area contributed by atoms with Crippen LogP contribution >= 0.6 is 39.1 Å². The van der Waals surface area contributed by atoms with Crippen molar-refractivity contribution in [3.63, 3.8) is 0 Å². The van der Waals surface area contributed by atoms with Crippen molar-refractivity contribution in [1.29, 1.82) is 0 Å². The van der Waals surface area contributed by atoms with Gasteiger partial charge >= 0.3 is 5.97 Å². The number of para-hydroxylation sites is 1. The van der Waals surface area contributed by atoms with E-state index in [9.17, 15) is 14.4 Å². The van der Waals surface area contributed by atoms with Gasteiger partial charge in [-0.15, -0.1) is 0 Å². The summed E-state index contributed by atoms with van der Waals surface area (Å²) in [6.45, 7) is -0.471. The topological polar surface area (TPSA) is 93.7 Å². The molecule has 0 aliphatic heterocycles. The molecule has 34 heavy (non-hydrogen) atoms. The van der Waals surface area contributed by atoms with Gasteiger partial charge in [-0.25, -0.2) is 0 Å². The number of ether oxygens (including phenoxy) is 2. The largest absolute Gasteiger partial charge is 0.456 e. The second kappa shape index (κ2) is 12.4. The molecule has 0 unspecified atom stereocenters. The van der Waals surface area contributed by atoms with Gasteiger partial charge in [0.05, 0.1) is 16.5 Å². The summed E-state index contributed by atoms with van der Waals surface area (Å²) in [6.07, 6.45) is -0.266. The molecule has 0 heterocycles.